The minimum absolute atomic E-state index is 0. The first-order valence-electron chi connectivity index (χ1n) is 4.89. The van der Waals surface area contributed by atoms with Crippen LogP contribution in [0.1, 0.15) is 19.0 Å². The number of nitrogens with one attached hydrogen (secondary N) is 2. The summed E-state index contributed by atoms with van der Waals surface area (Å²) < 4.78 is 0. The molecule has 0 saturated heterocycles. The van der Waals surface area contributed by atoms with Gasteiger partial charge in [-0.05, 0) is 18.5 Å². The Morgan fingerprint density at radius 2 is 2.29 bits per heavy atom. The zero-order valence-corrected chi connectivity index (χ0v) is 13.6. The molecule has 1 amide bonds. The molecule has 2 N–H and O–H groups in total. The van der Waals surface area contributed by atoms with Gasteiger partial charge in [-0.1, -0.05) is 6.08 Å². The molecule has 1 aliphatic heterocycles. The summed E-state index contributed by atoms with van der Waals surface area (Å²) in [7, 11) is 0. The molecule has 96 valence electrons. The molecule has 2 rings (SSSR count). The molecule has 0 saturated carbocycles. The fraction of sp³-hybridized carbons (Fsp3) is 0.400. The summed E-state index contributed by atoms with van der Waals surface area (Å²) in [4.78, 5) is 15.2. The molecule has 0 spiro atoms. The number of carbonyl (C=O) groups excluding carboxylic acids is 1. The van der Waals surface area contributed by atoms with E-state index in [4.69, 9.17) is 0 Å². The van der Waals surface area contributed by atoms with E-state index < -0.39 is 0 Å². The monoisotopic (exact) mass is 383 g/mol. The lowest BCUT2D eigenvalue weighted by atomic mass is 10.1. The van der Waals surface area contributed by atoms with Crippen LogP contribution in [-0.4, -0.2) is 24.0 Å². The molecule has 0 aromatic carbocycles. The van der Waals surface area contributed by atoms with Gasteiger partial charge in [-0.25, -0.2) is 4.98 Å². The van der Waals surface area contributed by atoms with Crippen molar-refractivity contribution in [1.82, 2.24) is 10.3 Å². The quantitative estimate of drug-likeness (QED) is 0.823. The molecule has 1 aromatic rings. The fourth-order valence-electron chi connectivity index (χ4n) is 1.48. The summed E-state index contributed by atoms with van der Waals surface area (Å²) in [6.07, 6.45) is 3.15. The summed E-state index contributed by atoms with van der Waals surface area (Å²) in [5.74, 6) is -0.0739. The maximum Gasteiger partial charge on any atom is 0.223 e. The van der Waals surface area contributed by atoms with Gasteiger partial charge < -0.3 is 10.6 Å². The summed E-state index contributed by atoms with van der Waals surface area (Å²) in [6.45, 7) is 3.39. The van der Waals surface area contributed by atoms with Crippen LogP contribution in [-0.2, 0) is 4.79 Å². The molecule has 2 heterocycles. The highest BCUT2D eigenvalue weighted by molar-refractivity contribution is 8.93. The SMILES string of the molecule is Br.Br.CC(=O)Nc1nc(C2=CCNCC2)cs1. The van der Waals surface area contributed by atoms with Crippen LogP contribution in [0, 0.1) is 0 Å². The lowest BCUT2D eigenvalue weighted by molar-refractivity contribution is -0.114. The zero-order chi connectivity index (χ0) is 10.7. The number of aromatic nitrogens is 1. The smallest absolute Gasteiger partial charge is 0.223 e. The van der Waals surface area contributed by atoms with E-state index in [1.54, 1.807) is 0 Å². The Balaban J connectivity index is 0.00000128. The van der Waals surface area contributed by atoms with E-state index >= 15 is 0 Å². The van der Waals surface area contributed by atoms with E-state index in [2.05, 4.69) is 21.7 Å². The van der Waals surface area contributed by atoms with Gasteiger partial charge in [-0.2, -0.15) is 0 Å². The molecule has 0 atom stereocenters. The molecule has 4 nitrogen and oxygen atoms in total. The third-order valence-corrected chi connectivity index (χ3v) is 2.94. The van der Waals surface area contributed by atoms with Crippen LogP contribution >= 0.6 is 45.3 Å². The molecular weight excluding hydrogens is 370 g/mol. The number of hydrogen-bond acceptors (Lipinski definition) is 4. The first kappa shape index (κ1) is 16.8. The van der Waals surface area contributed by atoms with Gasteiger partial charge in [-0.3, -0.25) is 4.79 Å². The van der Waals surface area contributed by atoms with E-state index in [0.29, 0.717) is 5.13 Å². The first-order valence-corrected chi connectivity index (χ1v) is 5.77. The highest BCUT2D eigenvalue weighted by Gasteiger charge is 2.09. The molecular formula is C10H15Br2N3OS. The molecule has 0 aliphatic carbocycles. The second kappa shape index (κ2) is 7.97. The number of thiazole rings is 1. The Hall–Kier alpha value is -0.240. The van der Waals surface area contributed by atoms with Gasteiger partial charge in [0.05, 0.1) is 5.69 Å². The summed E-state index contributed by atoms with van der Waals surface area (Å²) in [6, 6.07) is 0. The van der Waals surface area contributed by atoms with E-state index in [9.17, 15) is 4.79 Å². The zero-order valence-electron chi connectivity index (χ0n) is 9.36. The van der Waals surface area contributed by atoms with Crippen molar-refractivity contribution in [2.75, 3.05) is 18.4 Å². The summed E-state index contributed by atoms with van der Waals surface area (Å²) >= 11 is 1.47. The van der Waals surface area contributed by atoms with Crippen molar-refractivity contribution < 1.29 is 4.79 Å². The standard InChI is InChI=1S/C10H13N3OS.2BrH/c1-7(14)12-10-13-9(6-15-10)8-2-4-11-5-3-8;;/h2,6,11H,3-5H2,1H3,(H,12,13,14);2*1H. The maximum absolute atomic E-state index is 10.8. The van der Waals surface area contributed by atoms with Gasteiger partial charge in [0.15, 0.2) is 5.13 Å². The minimum atomic E-state index is -0.0739. The number of amides is 1. The van der Waals surface area contributed by atoms with Crippen molar-refractivity contribution in [1.29, 1.82) is 0 Å². The first-order chi connectivity index (χ1) is 7.25. The van der Waals surface area contributed by atoms with E-state index in [1.165, 1.54) is 23.8 Å². The Kier molecular flexibility index (Phi) is 7.85. The largest absolute Gasteiger partial charge is 0.313 e. The van der Waals surface area contributed by atoms with Crippen LogP contribution in [0.2, 0.25) is 0 Å². The Morgan fingerprint density at radius 1 is 1.53 bits per heavy atom. The molecule has 1 aliphatic rings. The number of halogens is 2. The van der Waals surface area contributed by atoms with Crippen LogP contribution in [0.4, 0.5) is 5.13 Å². The maximum atomic E-state index is 10.8. The third kappa shape index (κ3) is 4.87. The molecule has 7 heteroatoms. The van der Waals surface area contributed by atoms with Gasteiger partial charge in [0.1, 0.15) is 0 Å². The van der Waals surface area contributed by atoms with Crippen LogP contribution < -0.4 is 10.6 Å². The summed E-state index contributed by atoms with van der Waals surface area (Å²) in [5, 5.41) is 8.61. The number of hydrogen-bond donors (Lipinski definition) is 2. The predicted molar refractivity (Wildman–Crippen MR) is 82.5 cm³/mol. The van der Waals surface area contributed by atoms with Crippen LogP contribution in [0.3, 0.4) is 0 Å². The Bertz CT molecular complexity index is 406. The number of carbonyl (C=O) groups is 1. The van der Waals surface area contributed by atoms with Crippen molar-refractivity contribution in [2.24, 2.45) is 0 Å². The van der Waals surface area contributed by atoms with E-state index in [-0.39, 0.29) is 39.9 Å². The van der Waals surface area contributed by atoms with Crippen LogP contribution in [0.25, 0.3) is 5.57 Å². The van der Waals surface area contributed by atoms with Crippen molar-refractivity contribution in [3.63, 3.8) is 0 Å². The second-order valence-corrected chi connectivity index (χ2v) is 4.26. The van der Waals surface area contributed by atoms with Crippen molar-refractivity contribution in [2.45, 2.75) is 13.3 Å². The van der Waals surface area contributed by atoms with Gasteiger partial charge in [0.2, 0.25) is 5.91 Å². The Labute approximate surface area is 125 Å². The minimum Gasteiger partial charge on any atom is -0.313 e. The van der Waals surface area contributed by atoms with E-state index in [1.807, 2.05) is 5.38 Å². The van der Waals surface area contributed by atoms with Gasteiger partial charge in [-0.15, -0.1) is 45.3 Å². The number of nitrogens with zero attached hydrogens (tertiary/aromatic N) is 1. The second-order valence-electron chi connectivity index (χ2n) is 3.40. The predicted octanol–water partition coefficient (Wildman–Crippen LogP) is 2.63. The normalized spacial score (nSPS) is 14.1. The highest BCUT2D eigenvalue weighted by Crippen LogP contribution is 2.24. The van der Waals surface area contributed by atoms with Gasteiger partial charge in [0, 0.05) is 18.8 Å². The van der Waals surface area contributed by atoms with Crippen molar-refractivity contribution in [3.05, 3.63) is 17.2 Å². The average Bonchev–Trinajstić information content (AvgIpc) is 2.67. The Morgan fingerprint density at radius 3 is 2.88 bits per heavy atom. The topological polar surface area (TPSA) is 54.0 Å². The van der Waals surface area contributed by atoms with Crippen LogP contribution in [0.15, 0.2) is 11.5 Å². The van der Waals surface area contributed by atoms with E-state index in [0.717, 1.165) is 25.2 Å². The lowest BCUT2D eigenvalue weighted by Gasteiger charge is -2.11. The fourth-order valence-corrected chi connectivity index (χ4v) is 2.27. The van der Waals surface area contributed by atoms with Crippen molar-refractivity contribution in [3.8, 4) is 0 Å². The molecule has 0 radical (unpaired) electrons. The number of anilines is 1. The molecule has 1 aromatic heterocycles. The lowest BCUT2D eigenvalue weighted by Crippen LogP contribution is -2.20. The average molecular weight is 385 g/mol. The molecule has 0 bridgehead atoms. The summed E-state index contributed by atoms with van der Waals surface area (Å²) in [5.41, 5.74) is 2.26. The molecule has 0 unspecified atom stereocenters. The van der Waals surface area contributed by atoms with Gasteiger partial charge in [0.25, 0.3) is 0 Å². The highest BCUT2D eigenvalue weighted by atomic mass is 79.9. The molecule has 17 heavy (non-hydrogen) atoms. The number of rotatable bonds is 2. The molecule has 0 fully saturated rings. The van der Waals surface area contributed by atoms with Gasteiger partial charge >= 0.3 is 0 Å². The van der Waals surface area contributed by atoms with Crippen LogP contribution in [0.5, 0.6) is 0 Å². The van der Waals surface area contributed by atoms with Crippen molar-refractivity contribution >= 4 is 61.9 Å². The third-order valence-electron chi connectivity index (χ3n) is 2.18.